The summed E-state index contributed by atoms with van der Waals surface area (Å²) in [5.41, 5.74) is 1.24. The Bertz CT molecular complexity index is 685. The number of benzene rings is 1. The monoisotopic (exact) mass is 300 g/mol. The molecule has 4 heterocycles. The largest absolute Gasteiger partial charge is 0.347 e. The number of aryl methyl sites for hydroxylation is 1. The number of carbonyl (C=O) groups is 1. The van der Waals surface area contributed by atoms with E-state index in [1.165, 1.54) is 41.6 Å². The molecule has 3 aliphatic heterocycles. The van der Waals surface area contributed by atoms with Crippen molar-refractivity contribution in [2.24, 2.45) is 5.92 Å². The Hall–Kier alpha value is -1.39. The molecule has 3 saturated heterocycles. The summed E-state index contributed by atoms with van der Waals surface area (Å²) in [6, 6.07) is 8.74. The lowest BCUT2D eigenvalue weighted by atomic mass is 9.84. The number of fused-ring (bicyclic) bond motifs is 4. The molecule has 0 spiro atoms. The number of nitrogens with zero attached hydrogens (tertiary/aromatic N) is 1. The SMILES string of the molecule is Cc1ccc2sc(C(=O)N[C@@H]3CN4CCC3CC4)cc2c1. The van der Waals surface area contributed by atoms with E-state index in [1.54, 1.807) is 11.3 Å². The third kappa shape index (κ3) is 2.47. The summed E-state index contributed by atoms with van der Waals surface area (Å²) >= 11 is 1.60. The zero-order chi connectivity index (χ0) is 14.4. The van der Waals surface area contributed by atoms with Crippen LogP contribution < -0.4 is 5.32 Å². The van der Waals surface area contributed by atoms with E-state index in [-0.39, 0.29) is 5.91 Å². The second kappa shape index (κ2) is 5.11. The lowest BCUT2D eigenvalue weighted by molar-refractivity contribution is 0.0622. The van der Waals surface area contributed by atoms with Crippen molar-refractivity contribution in [2.45, 2.75) is 25.8 Å². The molecule has 0 aliphatic carbocycles. The second-order valence-corrected chi connectivity index (χ2v) is 7.45. The topological polar surface area (TPSA) is 32.3 Å². The fourth-order valence-corrected chi connectivity index (χ4v) is 4.59. The van der Waals surface area contributed by atoms with Crippen LogP contribution in [-0.4, -0.2) is 36.5 Å². The zero-order valence-corrected chi connectivity index (χ0v) is 13.1. The van der Waals surface area contributed by atoms with Gasteiger partial charge in [-0.2, -0.15) is 0 Å². The molecule has 110 valence electrons. The Morgan fingerprint density at radius 3 is 2.81 bits per heavy atom. The van der Waals surface area contributed by atoms with Gasteiger partial charge < -0.3 is 10.2 Å². The molecular weight excluding hydrogens is 280 g/mol. The minimum Gasteiger partial charge on any atom is -0.347 e. The molecule has 3 aliphatic rings. The van der Waals surface area contributed by atoms with E-state index in [2.05, 4.69) is 35.3 Å². The van der Waals surface area contributed by atoms with Crippen molar-refractivity contribution in [1.29, 1.82) is 0 Å². The summed E-state index contributed by atoms with van der Waals surface area (Å²) < 4.78 is 1.19. The van der Waals surface area contributed by atoms with Crippen molar-refractivity contribution in [1.82, 2.24) is 10.2 Å². The molecular formula is C17H20N2OS. The average Bonchev–Trinajstić information content (AvgIpc) is 2.91. The van der Waals surface area contributed by atoms with Gasteiger partial charge in [0.15, 0.2) is 0 Å². The predicted molar refractivity (Wildman–Crippen MR) is 87.0 cm³/mol. The van der Waals surface area contributed by atoms with Gasteiger partial charge in [0.2, 0.25) is 0 Å². The molecule has 21 heavy (non-hydrogen) atoms. The minimum atomic E-state index is 0.104. The number of hydrogen-bond acceptors (Lipinski definition) is 3. The van der Waals surface area contributed by atoms with Crippen LogP contribution in [0.4, 0.5) is 0 Å². The van der Waals surface area contributed by atoms with Crippen molar-refractivity contribution in [2.75, 3.05) is 19.6 Å². The van der Waals surface area contributed by atoms with Crippen LogP contribution in [0.5, 0.6) is 0 Å². The van der Waals surface area contributed by atoms with Crippen LogP contribution in [-0.2, 0) is 0 Å². The molecule has 1 atom stereocenters. The lowest BCUT2D eigenvalue weighted by Gasteiger charge is -2.44. The maximum Gasteiger partial charge on any atom is 0.261 e. The first-order valence-electron chi connectivity index (χ1n) is 7.72. The highest BCUT2D eigenvalue weighted by atomic mass is 32.1. The van der Waals surface area contributed by atoms with E-state index in [4.69, 9.17) is 0 Å². The van der Waals surface area contributed by atoms with Crippen LogP contribution >= 0.6 is 11.3 Å². The van der Waals surface area contributed by atoms with Crippen molar-refractivity contribution in [3.63, 3.8) is 0 Å². The normalized spacial score (nSPS) is 28.0. The van der Waals surface area contributed by atoms with Gasteiger partial charge in [0.05, 0.1) is 4.88 Å². The Labute approximate surface area is 128 Å². The van der Waals surface area contributed by atoms with Gasteiger partial charge >= 0.3 is 0 Å². The third-order valence-corrected chi connectivity index (χ3v) is 5.98. The van der Waals surface area contributed by atoms with E-state index in [0.29, 0.717) is 12.0 Å². The van der Waals surface area contributed by atoms with Gasteiger partial charge in [-0.1, -0.05) is 17.7 Å². The summed E-state index contributed by atoms with van der Waals surface area (Å²) in [4.78, 5) is 15.8. The van der Waals surface area contributed by atoms with Crippen LogP contribution in [0.25, 0.3) is 10.1 Å². The number of nitrogens with one attached hydrogen (secondary N) is 1. The van der Waals surface area contributed by atoms with E-state index < -0.39 is 0 Å². The van der Waals surface area contributed by atoms with Gasteiger partial charge in [-0.3, -0.25) is 4.79 Å². The lowest BCUT2D eigenvalue weighted by Crippen LogP contribution is -2.57. The number of piperidine rings is 3. The van der Waals surface area contributed by atoms with Gasteiger partial charge in [-0.25, -0.2) is 0 Å². The van der Waals surface area contributed by atoms with Gasteiger partial charge in [0, 0.05) is 17.3 Å². The molecule has 5 rings (SSSR count). The standard InChI is InChI=1S/C17H20N2OS/c1-11-2-3-15-13(8-11)9-16(21-15)17(20)18-14-10-19-6-4-12(14)5-7-19/h2-3,8-9,12,14H,4-7,10H2,1H3,(H,18,20)/t14-/m1/s1. The zero-order valence-electron chi connectivity index (χ0n) is 12.3. The molecule has 1 aromatic heterocycles. The molecule has 2 bridgehead atoms. The first-order valence-corrected chi connectivity index (χ1v) is 8.54. The number of thiophene rings is 1. The van der Waals surface area contributed by atoms with Crippen molar-refractivity contribution in [3.05, 3.63) is 34.7 Å². The third-order valence-electron chi connectivity index (χ3n) is 4.87. The van der Waals surface area contributed by atoms with E-state index >= 15 is 0 Å². The number of hydrogen-bond donors (Lipinski definition) is 1. The highest BCUT2D eigenvalue weighted by molar-refractivity contribution is 7.20. The fraction of sp³-hybridized carbons (Fsp3) is 0.471. The fourth-order valence-electron chi connectivity index (χ4n) is 3.64. The molecule has 3 fully saturated rings. The minimum absolute atomic E-state index is 0.104. The smallest absolute Gasteiger partial charge is 0.261 e. The van der Waals surface area contributed by atoms with E-state index in [0.717, 1.165) is 11.4 Å². The molecule has 4 heteroatoms. The number of rotatable bonds is 2. The molecule has 1 N–H and O–H groups in total. The molecule has 0 unspecified atom stereocenters. The van der Waals surface area contributed by atoms with Crippen LogP contribution in [0.1, 0.15) is 28.1 Å². The maximum atomic E-state index is 12.5. The molecule has 0 radical (unpaired) electrons. The van der Waals surface area contributed by atoms with Crippen LogP contribution in [0.2, 0.25) is 0 Å². The van der Waals surface area contributed by atoms with E-state index in [1.807, 2.05) is 6.07 Å². The first-order chi connectivity index (χ1) is 10.2. The van der Waals surface area contributed by atoms with Crippen LogP contribution in [0.15, 0.2) is 24.3 Å². The Morgan fingerprint density at radius 1 is 1.29 bits per heavy atom. The molecule has 1 amide bonds. The van der Waals surface area contributed by atoms with Gasteiger partial charge in [0.25, 0.3) is 5.91 Å². The quantitative estimate of drug-likeness (QED) is 0.924. The molecule has 2 aromatic rings. The summed E-state index contributed by atoms with van der Waals surface area (Å²) in [5.74, 6) is 0.781. The van der Waals surface area contributed by atoms with Crippen molar-refractivity contribution >= 4 is 27.3 Å². The van der Waals surface area contributed by atoms with Crippen molar-refractivity contribution in [3.8, 4) is 0 Å². The summed E-state index contributed by atoms with van der Waals surface area (Å²) in [6.07, 6.45) is 2.47. The Kier molecular flexibility index (Phi) is 3.23. The second-order valence-electron chi connectivity index (χ2n) is 6.37. The highest BCUT2D eigenvalue weighted by Gasteiger charge is 2.35. The summed E-state index contributed by atoms with van der Waals surface area (Å²) in [5, 5.41) is 4.45. The van der Waals surface area contributed by atoms with Crippen molar-refractivity contribution < 1.29 is 4.79 Å². The Morgan fingerprint density at radius 2 is 2.10 bits per heavy atom. The van der Waals surface area contributed by atoms with Crippen LogP contribution in [0.3, 0.4) is 0 Å². The van der Waals surface area contributed by atoms with E-state index in [9.17, 15) is 4.79 Å². The van der Waals surface area contributed by atoms with Gasteiger partial charge in [-0.15, -0.1) is 11.3 Å². The highest BCUT2D eigenvalue weighted by Crippen LogP contribution is 2.29. The summed E-state index contributed by atoms with van der Waals surface area (Å²) in [7, 11) is 0. The Balaban J connectivity index is 1.53. The predicted octanol–water partition coefficient (Wildman–Crippen LogP) is 3.03. The van der Waals surface area contributed by atoms with Gasteiger partial charge in [0.1, 0.15) is 0 Å². The molecule has 3 nitrogen and oxygen atoms in total. The molecule has 0 saturated carbocycles. The van der Waals surface area contributed by atoms with Gasteiger partial charge in [-0.05, 0) is 56.3 Å². The van der Waals surface area contributed by atoms with Crippen LogP contribution in [0, 0.1) is 12.8 Å². The average molecular weight is 300 g/mol. The number of carbonyl (C=O) groups excluding carboxylic acids is 1. The maximum absolute atomic E-state index is 12.5. The summed E-state index contributed by atoms with van der Waals surface area (Å²) in [6.45, 7) is 5.53. The molecule has 1 aromatic carbocycles. The first kappa shape index (κ1) is 13.3. The number of amides is 1.